The fourth-order valence-corrected chi connectivity index (χ4v) is 3.95. The molecule has 1 aromatic rings. The van der Waals surface area contributed by atoms with Crippen molar-refractivity contribution in [1.82, 2.24) is 25.8 Å². The SMILES string of the molecule is CC(C)CC(=O)Nc1ccc(C(=O)NN2CCC(=O)N3CCCC(C(=O)NCC=O)N3C2=O)cc1.CCC(=O)O. The average Bonchev–Trinajstić information content (AvgIpc) is 3.04. The molecule has 14 nitrogen and oxygen atoms in total. The summed E-state index contributed by atoms with van der Waals surface area (Å²) in [5.74, 6) is -2.14. The van der Waals surface area contributed by atoms with Crippen LogP contribution in [0.5, 0.6) is 0 Å². The van der Waals surface area contributed by atoms with Gasteiger partial charge in [0.25, 0.3) is 5.91 Å². The number of nitrogens with one attached hydrogen (secondary N) is 3. The molecule has 0 saturated carbocycles. The molecule has 6 amide bonds. The van der Waals surface area contributed by atoms with Crippen LogP contribution in [-0.4, -0.2) is 87.7 Å². The van der Waals surface area contributed by atoms with Crippen LogP contribution >= 0.6 is 0 Å². The van der Waals surface area contributed by atoms with Crippen LogP contribution in [-0.2, 0) is 24.0 Å². The molecule has 2 aliphatic heterocycles. The van der Waals surface area contributed by atoms with E-state index >= 15 is 0 Å². The normalized spacial score (nSPS) is 16.7. The molecule has 0 bridgehead atoms. The van der Waals surface area contributed by atoms with E-state index in [1.807, 2.05) is 13.8 Å². The number of carbonyl (C=O) groups excluding carboxylic acids is 6. The first-order chi connectivity index (χ1) is 19.0. The molecule has 1 atom stereocenters. The second-order valence-electron chi connectivity index (χ2n) is 9.53. The molecule has 40 heavy (non-hydrogen) atoms. The number of amides is 6. The molecule has 1 aromatic carbocycles. The Balaban J connectivity index is 0.00000103. The predicted octanol–water partition coefficient (Wildman–Crippen LogP) is 1.15. The highest BCUT2D eigenvalue weighted by Crippen LogP contribution is 2.23. The zero-order chi connectivity index (χ0) is 29.8. The van der Waals surface area contributed by atoms with E-state index in [4.69, 9.17) is 5.11 Å². The van der Waals surface area contributed by atoms with Gasteiger partial charge in [-0.2, -0.15) is 0 Å². The van der Waals surface area contributed by atoms with Crippen molar-refractivity contribution in [1.29, 1.82) is 0 Å². The molecule has 14 heteroatoms. The van der Waals surface area contributed by atoms with Gasteiger partial charge in [0.05, 0.1) is 13.1 Å². The summed E-state index contributed by atoms with van der Waals surface area (Å²) in [4.78, 5) is 83.2. The number of aldehydes is 1. The van der Waals surface area contributed by atoms with E-state index < -0.39 is 29.9 Å². The lowest BCUT2D eigenvalue weighted by atomic mass is 10.1. The van der Waals surface area contributed by atoms with E-state index in [2.05, 4.69) is 16.1 Å². The number of benzene rings is 1. The third-order valence-electron chi connectivity index (χ3n) is 5.89. The maximum absolute atomic E-state index is 13.3. The topological polar surface area (TPSA) is 186 Å². The molecule has 0 aliphatic carbocycles. The van der Waals surface area contributed by atoms with Crippen LogP contribution in [0.1, 0.15) is 63.2 Å². The van der Waals surface area contributed by atoms with Crippen molar-refractivity contribution >= 4 is 47.6 Å². The fraction of sp³-hybridized carbons (Fsp3) is 0.500. The smallest absolute Gasteiger partial charge is 0.358 e. The van der Waals surface area contributed by atoms with E-state index in [0.717, 1.165) is 10.0 Å². The predicted molar refractivity (Wildman–Crippen MR) is 142 cm³/mol. The maximum Gasteiger partial charge on any atom is 0.358 e. The third kappa shape index (κ3) is 9.06. The van der Waals surface area contributed by atoms with Crippen LogP contribution in [0.3, 0.4) is 0 Å². The summed E-state index contributed by atoms with van der Waals surface area (Å²) in [6, 6.07) is 4.49. The summed E-state index contributed by atoms with van der Waals surface area (Å²) in [6.45, 7) is 5.47. The molecular formula is C26H36N6O8. The van der Waals surface area contributed by atoms with Crippen molar-refractivity contribution in [3.8, 4) is 0 Å². The highest BCUT2D eigenvalue weighted by molar-refractivity contribution is 5.97. The molecule has 3 rings (SSSR count). The van der Waals surface area contributed by atoms with E-state index in [9.17, 15) is 33.6 Å². The fourth-order valence-electron chi connectivity index (χ4n) is 3.95. The first kappa shape index (κ1) is 31.7. The van der Waals surface area contributed by atoms with Crippen LogP contribution in [0.4, 0.5) is 10.5 Å². The Morgan fingerprint density at radius 1 is 1.10 bits per heavy atom. The Labute approximate surface area is 232 Å². The number of urea groups is 1. The van der Waals surface area contributed by atoms with Crippen molar-refractivity contribution in [2.24, 2.45) is 5.92 Å². The van der Waals surface area contributed by atoms with Crippen LogP contribution in [0.15, 0.2) is 24.3 Å². The zero-order valence-corrected chi connectivity index (χ0v) is 22.8. The number of nitrogens with zero attached hydrogens (tertiary/aromatic N) is 3. The minimum absolute atomic E-state index is 0.0357. The van der Waals surface area contributed by atoms with Crippen molar-refractivity contribution in [3.63, 3.8) is 0 Å². The molecule has 1 unspecified atom stereocenters. The number of carboxylic acids is 1. The lowest BCUT2D eigenvalue weighted by Crippen LogP contribution is -2.64. The summed E-state index contributed by atoms with van der Waals surface area (Å²) in [5, 5.41) is 16.2. The molecule has 2 fully saturated rings. The number of fused-ring (bicyclic) bond motifs is 1. The van der Waals surface area contributed by atoms with Gasteiger partial charge in [0.1, 0.15) is 12.3 Å². The zero-order valence-electron chi connectivity index (χ0n) is 22.8. The van der Waals surface area contributed by atoms with E-state index in [1.54, 1.807) is 19.1 Å². The molecular weight excluding hydrogens is 524 g/mol. The Morgan fingerprint density at radius 2 is 1.75 bits per heavy atom. The average molecular weight is 561 g/mol. The van der Waals surface area contributed by atoms with Gasteiger partial charge in [-0.15, -0.1) is 0 Å². The van der Waals surface area contributed by atoms with Crippen LogP contribution in [0.25, 0.3) is 0 Å². The van der Waals surface area contributed by atoms with Gasteiger partial charge in [-0.05, 0) is 43.0 Å². The standard InChI is InChI=1S/C23H30N6O6.C3H6O2/c1-15(2)14-19(31)25-17-7-5-16(6-8-17)21(33)26-27-12-9-20(32)28-11-3-4-18(29(28)23(27)35)22(34)24-10-13-30;1-2-3(4)5/h5-8,13,15,18H,3-4,9-12,14H2,1-2H3,(H,24,34)(H,25,31)(H,26,33);2H2,1H3,(H,4,5). The second-order valence-corrected chi connectivity index (χ2v) is 9.53. The van der Waals surface area contributed by atoms with Crippen molar-refractivity contribution in [2.75, 3.05) is 25.0 Å². The van der Waals surface area contributed by atoms with E-state index in [1.165, 1.54) is 17.1 Å². The van der Waals surface area contributed by atoms with Crippen molar-refractivity contribution < 1.29 is 38.7 Å². The third-order valence-corrected chi connectivity index (χ3v) is 5.89. The van der Waals surface area contributed by atoms with Gasteiger partial charge < -0.3 is 20.5 Å². The summed E-state index contributed by atoms with van der Waals surface area (Å²) in [7, 11) is 0. The van der Waals surface area contributed by atoms with Crippen LogP contribution < -0.4 is 16.1 Å². The first-order valence-electron chi connectivity index (χ1n) is 13.0. The molecule has 0 radical (unpaired) electrons. The number of rotatable bonds is 9. The summed E-state index contributed by atoms with van der Waals surface area (Å²) < 4.78 is 0. The van der Waals surface area contributed by atoms with Crippen LogP contribution in [0, 0.1) is 5.92 Å². The van der Waals surface area contributed by atoms with Crippen LogP contribution in [0.2, 0.25) is 0 Å². The van der Waals surface area contributed by atoms with Crippen molar-refractivity contribution in [3.05, 3.63) is 29.8 Å². The first-order valence-corrected chi connectivity index (χ1v) is 13.0. The highest BCUT2D eigenvalue weighted by Gasteiger charge is 2.43. The van der Waals surface area contributed by atoms with Gasteiger partial charge in [-0.25, -0.2) is 19.8 Å². The van der Waals surface area contributed by atoms with Crippen molar-refractivity contribution in [2.45, 2.75) is 58.9 Å². The number of hydrazine groups is 2. The highest BCUT2D eigenvalue weighted by atomic mass is 16.4. The Morgan fingerprint density at radius 3 is 2.33 bits per heavy atom. The lowest BCUT2D eigenvalue weighted by Gasteiger charge is -2.42. The minimum atomic E-state index is -0.980. The molecule has 4 N–H and O–H groups in total. The van der Waals surface area contributed by atoms with E-state index in [0.29, 0.717) is 31.2 Å². The number of carbonyl (C=O) groups is 7. The van der Waals surface area contributed by atoms with Gasteiger partial charge in [-0.3, -0.25) is 29.4 Å². The lowest BCUT2D eigenvalue weighted by molar-refractivity contribution is -0.155. The number of anilines is 1. The monoisotopic (exact) mass is 560 g/mol. The Bertz CT molecular complexity index is 1110. The summed E-state index contributed by atoms with van der Waals surface area (Å²) in [5.41, 5.74) is 3.30. The molecule has 218 valence electrons. The molecule has 0 aromatic heterocycles. The molecule has 2 aliphatic rings. The molecule has 0 spiro atoms. The maximum atomic E-state index is 13.3. The van der Waals surface area contributed by atoms with E-state index in [-0.39, 0.29) is 55.8 Å². The minimum Gasteiger partial charge on any atom is -0.481 e. The summed E-state index contributed by atoms with van der Waals surface area (Å²) >= 11 is 0. The molecule has 2 saturated heterocycles. The number of carboxylic acid groups (broad SMARTS) is 1. The largest absolute Gasteiger partial charge is 0.481 e. The number of aliphatic carboxylic acids is 1. The Hall–Kier alpha value is -4.49. The summed E-state index contributed by atoms with van der Waals surface area (Å²) in [6.07, 6.45) is 1.92. The van der Waals surface area contributed by atoms with Gasteiger partial charge in [-0.1, -0.05) is 20.8 Å². The Kier molecular flexibility index (Phi) is 12.0. The van der Waals surface area contributed by atoms with Gasteiger partial charge in [0.15, 0.2) is 0 Å². The quantitative estimate of drug-likeness (QED) is 0.324. The number of hydrogen-bond acceptors (Lipinski definition) is 7. The second kappa shape index (κ2) is 15.2. The van der Waals surface area contributed by atoms with Gasteiger partial charge in [0, 0.05) is 37.1 Å². The van der Waals surface area contributed by atoms with Gasteiger partial charge in [0.2, 0.25) is 17.7 Å². The van der Waals surface area contributed by atoms with Gasteiger partial charge >= 0.3 is 12.0 Å². The molecule has 2 heterocycles. The number of hydrogen-bond donors (Lipinski definition) is 4.